The third kappa shape index (κ3) is 3.32. The Balaban J connectivity index is 2.12. The zero-order valence-electron chi connectivity index (χ0n) is 10.9. The zero-order valence-corrected chi connectivity index (χ0v) is 10.9. The number of rotatable bonds is 3. The Kier molecular flexibility index (Phi) is 4.52. The van der Waals surface area contributed by atoms with Crippen LogP contribution in [-0.4, -0.2) is 30.0 Å². The molecule has 102 valence electrons. The summed E-state index contributed by atoms with van der Waals surface area (Å²) in [6.45, 7) is 2.90. The van der Waals surface area contributed by atoms with Crippen molar-refractivity contribution in [3.05, 3.63) is 29.8 Å². The van der Waals surface area contributed by atoms with Gasteiger partial charge in [-0.2, -0.15) is 0 Å². The molecule has 1 aliphatic heterocycles. The molecule has 0 radical (unpaired) electrons. The second kappa shape index (κ2) is 6.33. The summed E-state index contributed by atoms with van der Waals surface area (Å²) in [5.74, 6) is -0.147. The number of carbonyl (C=O) groups excluding carboxylic acids is 1. The van der Waals surface area contributed by atoms with Gasteiger partial charge in [-0.25, -0.2) is 0 Å². The Morgan fingerprint density at radius 3 is 2.95 bits per heavy atom. The standard InChI is InChI=1S/C14H18N2O3/c1-10(16-18)12-6-2-3-7-13(12)15-14(17)11-5-4-8-19-9-11/h2-3,6-7,11,18H,4-5,8-9H2,1H3,(H,15,17)/b16-10-. The maximum atomic E-state index is 12.1. The lowest BCUT2D eigenvalue weighted by atomic mass is 10.0. The van der Waals surface area contributed by atoms with Crippen LogP contribution in [0.15, 0.2) is 29.4 Å². The molecule has 0 aliphatic carbocycles. The predicted molar refractivity (Wildman–Crippen MR) is 72.6 cm³/mol. The van der Waals surface area contributed by atoms with Gasteiger partial charge in [-0.3, -0.25) is 4.79 Å². The van der Waals surface area contributed by atoms with Crippen LogP contribution < -0.4 is 5.32 Å². The topological polar surface area (TPSA) is 70.9 Å². The maximum absolute atomic E-state index is 12.1. The quantitative estimate of drug-likeness (QED) is 0.498. The second-order valence-corrected chi connectivity index (χ2v) is 4.63. The van der Waals surface area contributed by atoms with E-state index in [1.807, 2.05) is 18.2 Å². The Morgan fingerprint density at radius 2 is 2.26 bits per heavy atom. The summed E-state index contributed by atoms with van der Waals surface area (Å²) in [5.41, 5.74) is 1.85. The summed E-state index contributed by atoms with van der Waals surface area (Å²) in [6, 6.07) is 7.28. The molecule has 0 saturated carbocycles. The molecule has 0 bridgehead atoms. The van der Waals surface area contributed by atoms with E-state index in [0.29, 0.717) is 18.0 Å². The van der Waals surface area contributed by atoms with E-state index in [1.54, 1.807) is 13.0 Å². The molecule has 1 heterocycles. The summed E-state index contributed by atoms with van der Waals surface area (Å²) < 4.78 is 5.32. The van der Waals surface area contributed by atoms with E-state index in [-0.39, 0.29) is 11.8 Å². The van der Waals surface area contributed by atoms with Gasteiger partial charge in [-0.05, 0) is 25.8 Å². The van der Waals surface area contributed by atoms with Gasteiger partial charge >= 0.3 is 0 Å². The van der Waals surface area contributed by atoms with E-state index in [1.165, 1.54) is 0 Å². The third-order valence-electron chi connectivity index (χ3n) is 3.26. The first-order valence-electron chi connectivity index (χ1n) is 6.39. The van der Waals surface area contributed by atoms with Gasteiger partial charge in [0.1, 0.15) is 0 Å². The summed E-state index contributed by atoms with van der Waals surface area (Å²) in [5, 5.41) is 14.9. The van der Waals surface area contributed by atoms with Crippen molar-refractivity contribution in [2.75, 3.05) is 18.5 Å². The molecule has 2 rings (SSSR count). The minimum Gasteiger partial charge on any atom is -0.411 e. The summed E-state index contributed by atoms with van der Waals surface area (Å²) in [4.78, 5) is 12.1. The molecule has 1 aromatic rings. The van der Waals surface area contributed by atoms with Crippen LogP contribution in [0.1, 0.15) is 25.3 Å². The third-order valence-corrected chi connectivity index (χ3v) is 3.26. The molecule has 1 saturated heterocycles. The molecule has 1 unspecified atom stereocenters. The number of oxime groups is 1. The lowest BCUT2D eigenvalue weighted by Crippen LogP contribution is -2.30. The van der Waals surface area contributed by atoms with Gasteiger partial charge in [-0.1, -0.05) is 23.4 Å². The van der Waals surface area contributed by atoms with Crippen LogP contribution in [0.4, 0.5) is 5.69 Å². The van der Waals surface area contributed by atoms with Gasteiger partial charge in [0.2, 0.25) is 5.91 Å². The van der Waals surface area contributed by atoms with Gasteiger partial charge < -0.3 is 15.3 Å². The van der Waals surface area contributed by atoms with E-state index in [9.17, 15) is 4.79 Å². The average molecular weight is 262 g/mol. The average Bonchev–Trinajstić information content (AvgIpc) is 2.48. The lowest BCUT2D eigenvalue weighted by Gasteiger charge is -2.21. The van der Waals surface area contributed by atoms with Crippen molar-refractivity contribution in [1.29, 1.82) is 0 Å². The van der Waals surface area contributed by atoms with Gasteiger partial charge in [-0.15, -0.1) is 0 Å². The van der Waals surface area contributed by atoms with Crippen LogP contribution in [-0.2, 0) is 9.53 Å². The van der Waals surface area contributed by atoms with Crippen molar-refractivity contribution in [1.82, 2.24) is 0 Å². The Morgan fingerprint density at radius 1 is 1.47 bits per heavy atom. The van der Waals surface area contributed by atoms with Crippen molar-refractivity contribution in [3.8, 4) is 0 Å². The van der Waals surface area contributed by atoms with E-state index in [0.717, 1.165) is 25.0 Å². The molecule has 0 spiro atoms. The number of hydrogen-bond donors (Lipinski definition) is 2. The molecule has 5 heteroatoms. The van der Waals surface area contributed by atoms with Gasteiger partial charge in [0.05, 0.1) is 18.2 Å². The number of nitrogens with one attached hydrogen (secondary N) is 1. The van der Waals surface area contributed by atoms with E-state index in [4.69, 9.17) is 9.94 Å². The fourth-order valence-corrected chi connectivity index (χ4v) is 2.14. The Bertz CT molecular complexity index is 479. The molecular formula is C14H18N2O3. The minimum absolute atomic E-state index is 0.0436. The normalized spacial score (nSPS) is 20.1. The zero-order chi connectivity index (χ0) is 13.7. The summed E-state index contributed by atoms with van der Waals surface area (Å²) in [7, 11) is 0. The van der Waals surface area contributed by atoms with E-state index < -0.39 is 0 Å². The minimum atomic E-state index is -0.104. The van der Waals surface area contributed by atoms with Crippen molar-refractivity contribution in [3.63, 3.8) is 0 Å². The number of para-hydroxylation sites is 1. The van der Waals surface area contributed by atoms with Crippen molar-refractivity contribution in [2.24, 2.45) is 11.1 Å². The number of amides is 1. The first-order valence-corrected chi connectivity index (χ1v) is 6.39. The first-order chi connectivity index (χ1) is 9.22. The molecular weight excluding hydrogens is 244 g/mol. The van der Waals surface area contributed by atoms with Crippen LogP contribution in [0.2, 0.25) is 0 Å². The highest BCUT2D eigenvalue weighted by Crippen LogP contribution is 2.20. The lowest BCUT2D eigenvalue weighted by molar-refractivity contribution is -0.123. The molecule has 19 heavy (non-hydrogen) atoms. The fraction of sp³-hybridized carbons (Fsp3) is 0.429. The van der Waals surface area contributed by atoms with Crippen molar-refractivity contribution in [2.45, 2.75) is 19.8 Å². The molecule has 1 aromatic carbocycles. The van der Waals surface area contributed by atoms with E-state index in [2.05, 4.69) is 10.5 Å². The SMILES string of the molecule is C/C(=N/O)c1ccccc1NC(=O)C1CCCOC1. The smallest absolute Gasteiger partial charge is 0.229 e. The van der Waals surface area contributed by atoms with Crippen molar-refractivity contribution >= 4 is 17.3 Å². The van der Waals surface area contributed by atoms with Crippen LogP contribution in [0.25, 0.3) is 0 Å². The Labute approximate surface area is 112 Å². The van der Waals surface area contributed by atoms with Crippen LogP contribution in [0.5, 0.6) is 0 Å². The molecule has 0 aromatic heterocycles. The highest BCUT2D eigenvalue weighted by atomic mass is 16.5. The molecule has 1 fully saturated rings. The highest BCUT2D eigenvalue weighted by molar-refractivity contribution is 6.06. The fourth-order valence-electron chi connectivity index (χ4n) is 2.14. The Hall–Kier alpha value is -1.88. The van der Waals surface area contributed by atoms with E-state index >= 15 is 0 Å². The number of anilines is 1. The number of nitrogens with zero attached hydrogens (tertiary/aromatic N) is 1. The summed E-state index contributed by atoms with van der Waals surface area (Å²) in [6.07, 6.45) is 1.76. The summed E-state index contributed by atoms with van der Waals surface area (Å²) >= 11 is 0. The molecule has 1 atom stereocenters. The second-order valence-electron chi connectivity index (χ2n) is 4.63. The molecule has 1 aliphatic rings. The van der Waals surface area contributed by atoms with Gasteiger partial charge in [0.15, 0.2) is 0 Å². The van der Waals surface area contributed by atoms with Crippen LogP contribution in [0, 0.1) is 5.92 Å². The number of benzene rings is 1. The van der Waals surface area contributed by atoms with Gasteiger partial charge in [0, 0.05) is 17.9 Å². The molecule has 1 amide bonds. The first kappa shape index (κ1) is 13.5. The largest absolute Gasteiger partial charge is 0.411 e. The van der Waals surface area contributed by atoms with Crippen molar-refractivity contribution < 1.29 is 14.7 Å². The number of carbonyl (C=O) groups is 1. The predicted octanol–water partition coefficient (Wildman–Crippen LogP) is 2.25. The number of hydrogen-bond acceptors (Lipinski definition) is 4. The number of ether oxygens (including phenoxy) is 1. The monoisotopic (exact) mass is 262 g/mol. The van der Waals surface area contributed by atoms with Crippen LogP contribution in [0.3, 0.4) is 0 Å². The van der Waals surface area contributed by atoms with Crippen LogP contribution >= 0.6 is 0 Å². The highest BCUT2D eigenvalue weighted by Gasteiger charge is 2.22. The van der Waals surface area contributed by atoms with Gasteiger partial charge in [0.25, 0.3) is 0 Å². The maximum Gasteiger partial charge on any atom is 0.229 e. The molecule has 5 nitrogen and oxygen atoms in total. The molecule has 2 N–H and O–H groups in total.